The molecule has 1 aromatic carbocycles. The van der Waals surface area contributed by atoms with Gasteiger partial charge in [-0.15, -0.1) is 0 Å². The van der Waals surface area contributed by atoms with Gasteiger partial charge in [-0.2, -0.15) is 0 Å². The third kappa shape index (κ3) is 6.81. The molecule has 7 nitrogen and oxygen atoms in total. The maximum atomic E-state index is 12.1. The van der Waals surface area contributed by atoms with Crippen LogP contribution in [0.2, 0.25) is 0 Å². The number of rotatable bonds is 9. The Morgan fingerprint density at radius 3 is 2.44 bits per heavy atom. The monoisotopic (exact) mass is 372 g/mol. The summed E-state index contributed by atoms with van der Waals surface area (Å²) in [4.78, 5) is 10.6. The average Bonchev–Trinajstić information content (AvgIpc) is 2.47. The lowest BCUT2D eigenvalue weighted by molar-refractivity contribution is 0.192. The summed E-state index contributed by atoms with van der Waals surface area (Å²) in [7, 11) is -3.52. The van der Waals surface area contributed by atoms with Crippen LogP contribution in [0.15, 0.2) is 18.2 Å². The van der Waals surface area contributed by atoms with E-state index in [4.69, 9.17) is 5.11 Å². The molecule has 0 spiro atoms. The first-order chi connectivity index (χ1) is 11.5. The Labute approximate surface area is 149 Å². The van der Waals surface area contributed by atoms with Crippen LogP contribution in [0.4, 0.5) is 10.5 Å². The number of phenols is 1. The number of para-hydroxylation sites is 1. The van der Waals surface area contributed by atoms with Crippen LogP contribution in [0.25, 0.3) is 0 Å². The van der Waals surface area contributed by atoms with Crippen LogP contribution in [-0.2, 0) is 16.4 Å². The van der Waals surface area contributed by atoms with Crippen molar-refractivity contribution in [2.24, 2.45) is 11.8 Å². The topological polar surface area (TPSA) is 107 Å². The molecule has 0 heterocycles. The minimum atomic E-state index is -3.52. The summed E-state index contributed by atoms with van der Waals surface area (Å²) in [5.74, 6) is 0.218. The number of anilines is 1. The second kappa shape index (κ2) is 8.94. The maximum absolute atomic E-state index is 12.1. The summed E-state index contributed by atoms with van der Waals surface area (Å²) in [6.07, 6.45) is 1.14. The molecule has 0 aliphatic heterocycles. The van der Waals surface area contributed by atoms with Crippen LogP contribution >= 0.6 is 0 Å². The minimum absolute atomic E-state index is 0.0420. The zero-order valence-electron chi connectivity index (χ0n) is 15.2. The van der Waals surface area contributed by atoms with Crippen molar-refractivity contribution in [1.82, 2.24) is 5.32 Å². The number of benzene rings is 1. The van der Waals surface area contributed by atoms with E-state index in [1.165, 1.54) is 4.31 Å². The standard InChI is InChI=1S/C17H28N2O5S/c1-12(2)8-9-19(25(4,23)24)15-7-5-6-14(16(15)20)10-13(3)11-18-17(21)22/h5-7,12-13,18,20H,8-11H2,1-4H3,(H,21,22)/t13-/m0/s1. The highest BCUT2D eigenvalue weighted by Crippen LogP contribution is 2.34. The van der Waals surface area contributed by atoms with E-state index in [0.717, 1.165) is 6.26 Å². The molecule has 0 aliphatic carbocycles. The number of aromatic hydroxyl groups is 1. The van der Waals surface area contributed by atoms with E-state index in [0.29, 0.717) is 30.9 Å². The molecule has 1 rings (SSSR count). The molecule has 0 aromatic heterocycles. The van der Waals surface area contributed by atoms with Crippen LogP contribution < -0.4 is 9.62 Å². The smallest absolute Gasteiger partial charge is 0.404 e. The SMILES string of the molecule is CC(C)CCN(c1cccc(C[C@H](C)CNC(=O)O)c1O)S(C)(=O)=O. The number of sulfonamides is 1. The second-order valence-electron chi connectivity index (χ2n) is 6.80. The highest BCUT2D eigenvalue weighted by atomic mass is 32.2. The van der Waals surface area contributed by atoms with Crippen molar-refractivity contribution in [3.05, 3.63) is 23.8 Å². The van der Waals surface area contributed by atoms with Gasteiger partial charge in [0.05, 0.1) is 11.9 Å². The van der Waals surface area contributed by atoms with Gasteiger partial charge in [0.25, 0.3) is 0 Å². The minimum Gasteiger partial charge on any atom is -0.505 e. The molecule has 0 aliphatic rings. The molecule has 1 amide bonds. The predicted octanol–water partition coefficient (Wildman–Crippen LogP) is 2.65. The molecular formula is C17H28N2O5S. The van der Waals surface area contributed by atoms with E-state index >= 15 is 0 Å². The van der Waals surface area contributed by atoms with Crippen LogP contribution in [0.1, 0.15) is 32.8 Å². The highest BCUT2D eigenvalue weighted by Gasteiger charge is 2.22. The number of nitrogens with zero attached hydrogens (tertiary/aromatic N) is 1. The Kier molecular flexibility index (Phi) is 7.54. The van der Waals surface area contributed by atoms with Gasteiger partial charge in [-0.3, -0.25) is 4.31 Å². The molecule has 0 saturated carbocycles. The van der Waals surface area contributed by atoms with E-state index in [-0.39, 0.29) is 23.9 Å². The molecule has 0 unspecified atom stereocenters. The summed E-state index contributed by atoms with van der Waals surface area (Å²) < 4.78 is 25.5. The number of nitrogens with one attached hydrogen (secondary N) is 1. The van der Waals surface area contributed by atoms with Crippen molar-refractivity contribution in [2.45, 2.75) is 33.6 Å². The molecule has 0 saturated heterocycles. The fourth-order valence-electron chi connectivity index (χ4n) is 2.49. The van der Waals surface area contributed by atoms with Crippen LogP contribution in [-0.4, -0.2) is 44.1 Å². The van der Waals surface area contributed by atoms with Gasteiger partial charge in [0.15, 0.2) is 0 Å². The molecule has 142 valence electrons. The lowest BCUT2D eigenvalue weighted by Gasteiger charge is -2.25. The van der Waals surface area contributed by atoms with Gasteiger partial charge >= 0.3 is 6.09 Å². The van der Waals surface area contributed by atoms with Gasteiger partial charge in [0, 0.05) is 13.1 Å². The van der Waals surface area contributed by atoms with E-state index in [1.54, 1.807) is 18.2 Å². The van der Waals surface area contributed by atoms with Crippen LogP contribution in [0, 0.1) is 11.8 Å². The summed E-state index contributed by atoms with van der Waals surface area (Å²) in [6.45, 7) is 6.42. The van der Waals surface area contributed by atoms with Gasteiger partial charge < -0.3 is 15.5 Å². The van der Waals surface area contributed by atoms with Gasteiger partial charge in [0.1, 0.15) is 5.75 Å². The molecule has 8 heteroatoms. The Morgan fingerprint density at radius 1 is 1.28 bits per heavy atom. The molecule has 0 radical (unpaired) electrons. The quantitative estimate of drug-likeness (QED) is 0.618. The van der Waals surface area contributed by atoms with E-state index < -0.39 is 16.1 Å². The molecule has 0 fully saturated rings. The summed E-state index contributed by atoms with van der Waals surface area (Å²) in [5, 5.41) is 21.5. The van der Waals surface area contributed by atoms with Crippen molar-refractivity contribution < 1.29 is 23.4 Å². The normalized spacial score (nSPS) is 12.8. The van der Waals surface area contributed by atoms with Gasteiger partial charge in [-0.25, -0.2) is 13.2 Å². The summed E-state index contributed by atoms with van der Waals surface area (Å²) >= 11 is 0. The second-order valence-corrected chi connectivity index (χ2v) is 8.70. The molecule has 3 N–H and O–H groups in total. The average molecular weight is 372 g/mol. The van der Waals surface area contributed by atoms with E-state index in [2.05, 4.69) is 5.32 Å². The Hall–Kier alpha value is -1.96. The number of hydrogen-bond acceptors (Lipinski definition) is 4. The van der Waals surface area contributed by atoms with Crippen molar-refractivity contribution in [3.63, 3.8) is 0 Å². The van der Waals surface area contributed by atoms with Crippen molar-refractivity contribution in [2.75, 3.05) is 23.7 Å². The number of carboxylic acid groups (broad SMARTS) is 1. The van der Waals surface area contributed by atoms with E-state index in [1.807, 2.05) is 20.8 Å². The van der Waals surface area contributed by atoms with Crippen molar-refractivity contribution >= 4 is 21.8 Å². The molecule has 25 heavy (non-hydrogen) atoms. The number of carbonyl (C=O) groups is 1. The zero-order chi connectivity index (χ0) is 19.2. The van der Waals surface area contributed by atoms with Gasteiger partial charge in [-0.1, -0.05) is 32.9 Å². The number of hydrogen-bond donors (Lipinski definition) is 3. The molecule has 1 aromatic rings. The third-order valence-electron chi connectivity index (χ3n) is 3.85. The number of amides is 1. The predicted molar refractivity (Wildman–Crippen MR) is 98.6 cm³/mol. The Bertz CT molecular complexity index is 688. The third-order valence-corrected chi connectivity index (χ3v) is 5.03. The Balaban J connectivity index is 3.05. The maximum Gasteiger partial charge on any atom is 0.404 e. The lowest BCUT2D eigenvalue weighted by Crippen LogP contribution is -2.32. The number of phenolic OH excluding ortho intramolecular Hbond substituents is 1. The fraction of sp³-hybridized carbons (Fsp3) is 0.588. The Morgan fingerprint density at radius 2 is 1.92 bits per heavy atom. The van der Waals surface area contributed by atoms with Crippen molar-refractivity contribution in [3.8, 4) is 5.75 Å². The summed E-state index contributed by atoms with van der Waals surface area (Å²) in [5.41, 5.74) is 0.856. The zero-order valence-corrected chi connectivity index (χ0v) is 16.0. The van der Waals surface area contributed by atoms with Gasteiger partial charge in [0.2, 0.25) is 10.0 Å². The van der Waals surface area contributed by atoms with Crippen LogP contribution in [0.3, 0.4) is 0 Å². The largest absolute Gasteiger partial charge is 0.505 e. The lowest BCUT2D eigenvalue weighted by atomic mass is 9.99. The molecular weight excluding hydrogens is 344 g/mol. The van der Waals surface area contributed by atoms with Crippen molar-refractivity contribution in [1.29, 1.82) is 0 Å². The van der Waals surface area contributed by atoms with Gasteiger partial charge in [-0.05, 0) is 36.3 Å². The molecule has 0 bridgehead atoms. The van der Waals surface area contributed by atoms with Crippen LogP contribution in [0.5, 0.6) is 5.75 Å². The summed E-state index contributed by atoms with van der Waals surface area (Å²) in [6, 6.07) is 5.01. The fourth-order valence-corrected chi connectivity index (χ4v) is 3.43. The first-order valence-electron chi connectivity index (χ1n) is 8.27. The highest BCUT2D eigenvalue weighted by molar-refractivity contribution is 7.92. The first-order valence-corrected chi connectivity index (χ1v) is 10.1. The first kappa shape index (κ1) is 21.1. The molecule has 1 atom stereocenters. The van der Waals surface area contributed by atoms with E-state index in [9.17, 15) is 18.3 Å².